The van der Waals surface area contributed by atoms with Crippen LogP contribution in [-0.2, 0) is 15.1 Å². The summed E-state index contributed by atoms with van der Waals surface area (Å²) in [4.78, 5) is 11.7. The van der Waals surface area contributed by atoms with Crippen LogP contribution < -0.4 is 4.74 Å². The second kappa shape index (κ2) is 5.05. The molecule has 1 atom stereocenters. The van der Waals surface area contributed by atoms with E-state index >= 15 is 0 Å². The highest BCUT2D eigenvalue weighted by atomic mass is 19.1. The minimum absolute atomic E-state index is 0.190. The minimum Gasteiger partial charge on any atom is -0.487 e. The van der Waals surface area contributed by atoms with Gasteiger partial charge in [0.2, 0.25) is 0 Å². The third-order valence-electron chi connectivity index (χ3n) is 3.29. The van der Waals surface area contributed by atoms with Crippen LogP contribution in [0.4, 0.5) is 4.39 Å². The second-order valence-electron chi connectivity index (χ2n) is 5.69. The second-order valence-corrected chi connectivity index (χ2v) is 5.69. The summed E-state index contributed by atoms with van der Waals surface area (Å²) in [5.41, 5.74) is -1.83. The van der Waals surface area contributed by atoms with Crippen LogP contribution in [0.2, 0.25) is 0 Å². The van der Waals surface area contributed by atoms with Crippen molar-refractivity contribution >= 4 is 5.97 Å². The summed E-state index contributed by atoms with van der Waals surface area (Å²) in [7, 11) is 0. The molecule has 1 unspecified atom stereocenters. The largest absolute Gasteiger partial charge is 0.487 e. The molecule has 0 amide bonds. The number of fused-ring (bicyclic) bond motifs is 1. The summed E-state index contributed by atoms with van der Waals surface area (Å²) in [6, 6.07) is 3.95. The van der Waals surface area contributed by atoms with Gasteiger partial charge in [-0.05, 0) is 39.0 Å². The van der Waals surface area contributed by atoms with Crippen molar-refractivity contribution in [3.63, 3.8) is 0 Å². The predicted molar refractivity (Wildman–Crippen MR) is 70.9 cm³/mol. The molecule has 1 heterocycles. The summed E-state index contributed by atoms with van der Waals surface area (Å²) in [6.07, 6.45) is -0.0284. The third-order valence-corrected chi connectivity index (χ3v) is 3.29. The van der Waals surface area contributed by atoms with Gasteiger partial charge < -0.3 is 14.6 Å². The first-order valence-electron chi connectivity index (χ1n) is 6.63. The van der Waals surface area contributed by atoms with E-state index in [0.29, 0.717) is 11.3 Å². The van der Waals surface area contributed by atoms with E-state index in [1.807, 2.05) is 13.8 Å². The fourth-order valence-electron chi connectivity index (χ4n) is 2.70. The van der Waals surface area contributed by atoms with Crippen molar-refractivity contribution in [2.75, 3.05) is 6.61 Å². The molecule has 1 aromatic rings. The number of carbonyl (C=O) groups excluding carboxylic acids is 1. The molecule has 0 bridgehead atoms. The van der Waals surface area contributed by atoms with E-state index in [1.54, 1.807) is 6.92 Å². The van der Waals surface area contributed by atoms with Crippen LogP contribution in [-0.4, -0.2) is 23.3 Å². The molecule has 1 N–H and O–H groups in total. The fourth-order valence-corrected chi connectivity index (χ4v) is 2.70. The van der Waals surface area contributed by atoms with E-state index in [1.165, 1.54) is 18.2 Å². The number of esters is 1. The number of benzene rings is 1. The van der Waals surface area contributed by atoms with E-state index in [4.69, 9.17) is 9.47 Å². The monoisotopic (exact) mass is 282 g/mol. The normalized spacial score (nSPS) is 23.6. The van der Waals surface area contributed by atoms with Gasteiger partial charge in [0.15, 0.2) is 0 Å². The Labute approximate surface area is 117 Å². The maximum atomic E-state index is 13.4. The minimum atomic E-state index is -1.48. The van der Waals surface area contributed by atoms with Gasteiger partial charge in [-0.2, -0.15) is 0 Å². The highest BCUT2D eigenvalue weighted by molar-refractivity contribution is 5.71. The van der Waals surface area contributed by atoms with E-state index < -0.39 is 23.0 Å². The van der Waals surface area contributed by atoms with Gasteiger partial charge in [-0.3, -0.25) is 4.79 Å². The van der Waals surface area contributed by atoms with E-state index in [0.717, 1.165) is 0 Å². The standard InChI is InChI=1S/C15H19FO4/c1-4-19-13(17)8-15(18)9-14(2,3)20-12-6-5-10(16)7-11(12)15/h5-7,18H,4,8-9H2,1-3H3. The fraction of sp³-hybridized carbons (Fsp3) is 0.533. The summed E-state index contributed by atoms with van der Waals surface area (Å²) in [6.45, 7) is 5.57. The molecule has 5 heteroatoms. The van der Waals surface area contributed by atoms with Gasteiger partial charge in [-0.15, -0.1) is 0 Å². The van der Waals surface area contributed by atoms with Crippen molar-refractivity contribution in [3.05, 3.63) is 29.6 Å². The Morgan fingerprint density at radius 2 is 2.20 bits per heavy atom. The van der Waals surface area contributed by atoms with Crippen molar-refractivity contribution < 1.29 is 23.8 Å². The first kappa shape index (κ1) is 14.8. The van der Waals surface area contributed by atoms with E-state index in [-0.39, 0.29) is 19.4 Å². The Hall–Kier alpha value is -1.62. The summed E-state index contributed by atoms with van der Waals surface area (Å²) >= 11 is 0. The molecule has 4 nitrogen and oxygen atoms in total. The molecule has 0 spiro atoms. The van der Waals surface area contributed by atoms with Crippen molar-refractivity contribution in [2.45, 2.75) is 44.8 Å². The molecule has 0 fully saturated rings. The Kier molecular flexibility index (Phi) is 3.73. The van der Waals surface area contributed by atoms with Crippen LogP contribution in [0.3, 0.4) is 0 Å². The predicted octanol–water partition coefficient (Wildman–Crippen LogP) is 2.53. The Balaban J connectivity index is 2.41. The van der Waals surface area contributed by atoms with Crippen molar-refractivity contribution in [1.29, 1.82) is 0 Å². The molecule has 2 rings (SSSR count). The van der Waals surface area contributed by atoms with Crippen LogP contribution in [0.5, 0.6) is 5.75 Å². The number of hydrogen-bond donors (Lipinski definition) is 1. The van der Waals surface area contributed by atoms with Gasteiger partial charge in [-0.25, -0.2) is 4.39 Å². The average Bonchev–Trinajstić information content (AvgIpc) is 2.29. The number of rotatable bonds is 3. The van der Waals surface area contributed by atoms with Crippen LogP contribution in [0.15, 0.2) is 18.2 Å². The Morgan fingerprint density at radius 1 is 1.50 bits per heavy atom. The lowest BCUT2D eigenvalue weighted by molar-refractivity contribution is -0.153. The van der Waals surface area contributed by atoms with Crippen LogP contribution in [0.1, 0.15) is 39.2 Å². The van der Waals surface area contributed by atoms with Gasteiger partial charge in [0.25, 0.3) is 0 Å². The topological polar surface area (TPSA) is 55.8 Å². The van der Waals surface area contributed by atoms with E-state index in [9.17, 15) is 14.3 Å². The lowest BCUT2D eigenvalue weighted by Gasteiger charge is -2.42. The molecule has 0 saturated carbocycles. The zero-order valence-corrected chi connectivity index (χ0v) is 11.9. The highest BCUT2D eigenvalue weighted by Gasteiger charge is 2.45. The van der Waals surface area contributed by atoms with Gasteiger partial charge in [-0.1, -0.05) is 0 Å². The van der Waals surface area contributed by atoms with Crippen LogP contribution >= 0.6 is 0 Å². The quantitative estimate of drug-likeness (QED) is 0.866. The highest BCUT2D eigenvalue weighted by Crippen LogP contribution is 2.45. The first-order valence-corrected chi connectivity index (χ1v) is 6.63. The molecule has 0 saturated heterocycles. The zero-order valence-electron chi connectivity index (χ0n) is 11.9. The molecule has 0 radical (unpaired) electrons. The summed E-state index contributed by atoms with van der Waals surface area (Å²) < 4.78 is 24.1. The average molecular weight is 282 g/mol. The molecule has 20 heavy (non-hydrogen) atoms. The number of hydrogen-bond acceptors (Lipinski definition) is 4. The van der Waals surface area contributed by atoms with Gasteiger partial charge >= 0.3 is 5.97 Å². The smallest absolute Gasteiger partial charge is 0.309 e. The molecule has 1 aliphatic heterocycles. The van der Waals surface area contributed by atoms with Crippen LogP contribution in [0, 0.1) is 5.82 Å². The van der Waals surface area contributed by atoms with Gasteiger partial charge in [0.1, 0.15) is 22.8 Å². The maximum Gasteiger partial charge on any atom is 0.309 e. The molecule has 1 aromatic carbocycles. The van der Waals surface area contributed by atoms with Gasteiger partial charge in [0.05, 0.1) is 13.0 Å². The molecule has 0 aromatic heterocycles. The lowest BCUT2D eigenvalue weighted by atomic mass is 9.78. The lowest BCUT2D eigenvalue weighted by Crippen LogP contribution is -2.45. The SMILES string of the molecule is CCOC(=O)CC1(O)CC(C)(C)Oc2ccc(F)cc21. The molecular weight excluding hydrogens is 263 g/mol. The third kappa shape index (κ3) is 2.93. The number of aliphatic hydroxyl groups is 1. The van der Waals surface area contributed by atoms with Gasteiger partial charge in [0, 0.05) is 12.0 Å². The van der Waals surface area contributed by atoms with Crippen molar-refractivity contribution in [2.24, 2.45) is 0 Å². The Morgan fingerprint density at radius 3 is 2.85 bits per heavy atom. The molecule has 110 valence electrons. The van der Waals surface area contributed by atoms with E-state index in [2.05, 4.69) is 0 Å². The number of ether oxygens (including phenoxy) is 2. The molecule has 1 aliphatic rings. The first-order chi connectivity index (χ1) is 9.26. The summed E-state index contributed by atoms with van der Waals surface area (Å²) in [5, 5.41) is 10.8. The maximum absolute atomic E-state index is 13.4. The summed E-state index contributed by atoms with van der Waals surface area (Å²) in [5.74, 6) is -0.591. The Bertz CT molecular complexity index is 527. The van der Waals surface area contributed by atoms with Crippen molar-refractivity contribution in [3.8, 4) is 5.75 Å². The molecular formula is C15H19FO4. The van der Waals surface area contributed by atoms with Crippen molar-refractivity contribution in [1.82, 2.24) is 0 Å². The zero-order chi connectivity index (χ0) is 15.0. The van der Waals surface area contributed by atoms with Crippen LogP contribution in [0.25, 0.3) is 0 Å². The number of carbonyl (C=O) groups is 1. The number of halogens is 1. The molecule has 0 aliphatic carbocycles.